The van der Waals surface area contributed by atoms with Crippen molar-refractivity contribution in [1.82, 2.24) is 0 Å². The lowest BCUT2D eigenvalue weighted by Crippen LogP contribution is -1.93. The fourth-order valence-corrected chi connectivity index (χ4v) is 1.92. The first kappa shape index (κ1) is 12.2. The molecule has 0 aliphatic rings. The van der Waals surface area contributed by atoms with Gasteiger partial charge in [0.1, 0.15) is 5.82 Å². The second-order valence-corrected chi connectivity index (χ2v) is 4.11. The molecule has 2 aromatic carbocycles. The minimum Gasteiger partial charge on any atom is -0.206 e. The van der Waals surface area contributed by atoms with E-state index in [-0.39, 0.29) is 11.1 Å². The van der Waals surface area contributed by atoms with Gasteiger partial charge in [-0.05, 0) is 23.8 Å². The van der Waals surface area contributed by atoms with Crippen molar-refractivity contribution < 1.29 is 13.2 Å². The van der Waals surface area contributed by atoms with Crippen LogP contribution in [0.5, 0.6) is 0 Å². The lowest BCUT2D eigenvalue weighted by atomic mass is 10.0. The van der Waals surface area contributed by atoms with E-state index < -0.39 is 17.5 Å². The Morgan fingerprint density at radius 2 is 1.65 bits per heavy atom. The maximum absolute atomic E-state index is 13.6. The fraction of sp³-hybridized carbons (Fsp3) is 0.0769. The summed E-state index contributed by atoms with van der Waals surface area (Å²) in [6.07, 6.45) is 0. The van der Waals surface area contributed by atoms with Crippen molar-refractivity contribution >= 4 is 15.9 Å². The molecule has 88 valence electrons. The second-order valence-electron chi connectivity index (χ2n) is 3.55. The largest absolute Gasteiger partial charge is 0.206 e. The van der Waals surface area contributed by atoms with Crippen LogP contribution in [0.1, 0.15) is 5.56 Å². The van der Waals surface area contributed by atoms with Crippen LogP contribution in [-0.4, -0.2) is 0 Å². The third-order valence-corrected chi connectivity index (χ3v) is 3.07. The first-order valence-electron chi connectivity index (χ1n) is 4.92. The van der Waals surface area contributed by atoms with Crippen LogP contribution in [0.3, 0.4) is 0 Å². The van der Waals surface area contributed by atoms with Crippen molar-refractivity contribution in [2.24, 2.45) is 0 Å². The summed E-state index contributed by atoms with van der Waals surface area (Å²) in [6.45, 7) is 0. The van der Waals surface area contributed by atoms with E-state index in [2.05, 4.69) is 15.9 Å². The van der Waals surface area contributed by atoms with Crippen LogP contribution in [0.25, 0.3) is 11.1 Å². The molecule has 0 aromatic heterocycles. The number of benzene rings is 2. The third-order valence-electron chi connectivity index (χ3n) is 2.43. The van der Waals surface area contributed by atoms with Gasteiger partial charge in [-0.15, -0.1) is 0 Å². The topological polar surface area (TPSA) is 0 Å². The summed E-state index contributed by atoms with van der Waals surface area (Å²) >= 11 is 3.23. The van der Waals surface area contributed by atoms with Gasteiger partial charge in [0, 0.05) is 16.5 Å². The molecule has 0 spiro atoms. The third kappa shape index (κ3) is 2.36. The highest BCUT2D eigenvalue weighted by atomic mass is 79.9. The monoisotopic (exact) mass is 300 g/mol. The number of hydrogen-bond donors (Lipinski definition) is 0. The first-order chi connectivity index (χ1) is 8.13. The molecule has 0 atom stereocenters. The Bertz CT molecular complexity index is 552. The zero-order valence-corrected chi connectivity index (χ0v) is 10.3. The molecule has 0 bridgehead atoms. The predicted octanol–water partition coefficient (Wildman–Crippen LogP) is 4.67. The smallest absolute Gasteiger partial charge is 0.166 e. The molecule has 4 heteroatoms. The molecular formula is C13H8BrF3. The quantitative estimate of drug-likeness (QED) is 0.707. The van der Waals surface area contributed by atoms with Gasteiger partial charge >= 0.3 is 0 Å². The van der Waals surface area contributed by atoms with Crippen LogP contribution in [-0.2, 0) is 5.33 Å². The van der Waals surface area contributed by atoms with E-state index in [4.69, 9.17) is 0 Å². The molecule has 0 unspecified atom stereocenters. The van der Waals surface area contributed by atoms with Gasteiger partial charge in [0.2, 0.25) is 0 Å². The molecule has 0 fully saturated rings. The molecule has 17 heavy (non-hydrogen) atoms. The molecular weight excluding hydrogens is 293 g/mol. The average Bonchev–Trinajstić information content (AvgIpc) is 2.34. The molecule has 0 aliphatic heterocycles. The molecule has 0 N–H and O–H groups in total. The molecule has 0 radical (unpaired) electrons. The Labute approximate surface area is 105 Å². The summed E-state index contributed by atoms with van der Waals surface area (Å²) < 4.78 is 40.2. The fourth-order valence-electron chi connectivity index (χ4n) is 1.57. The van der Waals surface area contributed by atoms with Crippen LogP contribution >= 0.6 is 15.9 Å². The molecule has 0 saturated heterocycles. The maximum atomic E-state index is 13.6. The van der Waals surface area contributed by atoms with Gasteiger partial charge in [0.25, 0.3) is 0 Å². The number of hydrogen-bond acceptors (Lipinski definition) is 0. The Balaban J connectivity index is 2.63. The van der Waals surface area contributed by atoms with E-state index in [1.54, 1.807) is 6.07 Å². The van der Waals surface area contributed by atoms with Gasteiger partial charge in [-0.25, -0.2) is 13.2 Å². The van der Waals surface area contributed by atoms with E-state index in [0.29, 0.717) is 5.33 Å². The summed E-state index contributed by atoms with van der Waals surface area (Å²) in [5.41, 5.74) is 0.800. The van der Waals surface area contributed by atoms with Gasteiger partial charge in [0.15, 0.2) is 11.6 Å². The van der Waals surface area contributed by atoms with Crippen LogP contribution < -0.4 is 0 Å². The summed E-state index contributed by atoms with van der Waals surface area (Å²) in [5, 5.41) is 0.525. The Morgan fingerprint density at radius 1 is 0.882 bits per heavy atom. The van der Waals surface area contributed by atoms with E-state index in [0.717, 1.165) is 11.6 Å². The average molecular weight is 301 g/mol. The molecule has 0 nitrogen and oxygen atoms in total. The van der Waals surface area contributed by atoms with Crippen molar-refractivity contribution in [2.45, 2.75) is 5.33 Å². The summed E-state index contributed by atoms with van der Waals surface area (Å²) in [5.74, 6) is -2.58. The summed E-state index contributed by atoms with van der Waals surface area (Å²) in [7, 11) is 0. The van der Waals surface area contributed by atoms with Crippen molar-refractivity contribution in [2.75, 3.05) is 0 Å². The molecule has 2 aromatic rings. The molecule has 0 amide bonds. The minimum atomic E-state index is -1.03. The van der Waals surface area contributed by atoms with Crippen molar-refractivity contribution in [3.05, 3.63) is 59.4 Å². The standard InChI is InChI=1S/C13H8BrF3/c14-7-8-4-5-11(15)10(6-8)9-2-1-3-12(16)13(9)17/h1-6H,7H2. The Morgan fingerprint density at radius 3 is 2.35 bits per heavy atom. The molecule has 2 rings (SSSR count). The van der Waals surface area contributed by atoms with Crippen molar-refractivity contribution in [3.63, 3.8) is 0 Å². The van der Waals surface area contributed by atoms with Gasteiger partial charge < -0.3 is 0 Å². The lowest BCUT2D eigenvalue weighted by Gasteiger charge is -2.07. The van der Waals surface area contributed by atoms with Crippen molar-refractivity contribution in [1.29, 1.82) is 0 Å². The highest BCUT2D eigenvalue weighted by molar-refractivity contribution is 9.08. The highest BCUT2D eigenvalue weighted by Crippen LogP contribution is 2.28. The van der Waals surface area contributed by atoms with Crippen LogP contribution in [0, 0.1) is 17.5 Å². The minimum absolute atomic E-state index is 0.0645. The molecule has 0 aliphatic carbocycles. The van der Waals surface area contributed by atoms with Crippen LogP contribution in [0.2, 0.25) is 0 Å². The van der Waals surface area contributed by atoms with E-state index in [9.17, 15) is 13.2 Å². The zero-order valence-electron chi connectivity index (χ0n) is 8.68. The van der Waals surface area contributed by atoms with Gasteiger partial charge in [-0.1, -0.05) is 34.1 Å². The van der Waals surface area contributed by atoms with Crippen LogP contribution in [0.4, 0.5) is 13.2 Å². The number of rotatable bonds is 2. The normalized spacial score (nSPS) is 10.6. The first-order valence-corrected chi connectivity index (χ1v) is 6.04. The van der Waals surface area contributed by atoms with Gasteiger partial charge in [-0.3, -0.25) is 0 Å². The zero-order chi connectivity index (χ0) is 12.4. The summed E-state index contributed by atoms with van der Waals surface area (Å²) in [6, 6.07) is 8.05. The Kier molecular flexibility index (Phi) is 3.52. The highest BCUT2D eigenvalue weighted by Gasteiger charge is 2.13. The lowest BCUT2D eigenvalue weighted by molar-refractivity contribution is 0.510. The number of halogens is 4. The SMILES string of the molecule is Fc1ccc(CBr)cc1-c1cccc(F)c1F. The molecule has 0 heterocycles. The van der Waals surface area contributed by atoms with Gasteiger partial charge in [-0.2, -0.15) is 0 Å². The van der Waals surface area contributed by atoms with E-state index in [1.807, 2.05) is 0 Å². The Hall–Kier alpha value is -1.29. The van der Waals surface area contributed by atoms with E-state index in [1.165, 1.54) is 24.3 Å². The second kappa shape index (κ2) is 4.92. The maximum Gasteiger partial charge on any atom is 0.166 e. The molecule has 0 saturated carbocycles. The summed E-state index contributed by atoms with van der Waals surface area (Å²) in [4.78, 5) is 0. The van der Waals surface area contributed by atoms with Gasteiger partial charge in [0.05, 0.1) is 0 Å². The van der Waals surface area contributed by atoms with Crippen molar-refractivity contribution in [3.8, 4) is 11.1 Å². The number of alkyl halides is 1. The van der Waals surface area contributed by atoms with Crippen LogP contribution in [0.15, 0.2) is 36.4 Å². The van der Waals surface area contributed by atoms with E-state index >= 15 is 0 Å². The predicted molar refractivity (Wildman–Crippen MR) is 64.4 cm³/mol.